The van der Waals surface area contributed by atoms with Gasteiger partial charge in [0.1, 0.15) is 0 Å². The Morgan fingerprint density at radius 2 is 1.77 bits per heavy atom. The van der Waals surface area contributed by atoms with Crippen molar-refractivity contribution in [3.63, 3.8) is 0 Å². The molecule has 31 heavy (non-hydrogen) atoms. The predicted octanol–water partition coefficient (Wildman–Crippen LogP) is 5.49. The summed E-state index contributed by atoms with van der Waals surface area (Å²) >= 11 is 19.0. The average Bonchev–Trinajstić information content (AvgIpc) is 2.92. The Kier molecular flexibility index (Phi) is 6.08. The van der Waals surface area contributed by atoms with Crippen molar-refractivity contribution in [2.24, 2.45) is 17.1 Å². The summed E-state index contributed by atoms with van der Waals surface area (Å²) in [5.41, 5.74) is 7.80. The molecule has 4 nitrogen and oxygen atoms in total. The second-order valence-corrected chi connectivity index (χ2v) is 10.2. The monoisotopic (exact) mass is 480 g/mol. The Bertz CT molecular complexity index is 999. The number of likely N-dealkylation sites (tertiary alicyclic amines) is 1. The van der Waals surface area contributed by atoms with Gasteiger partial charge in [-0.3, -0.25) is 4.79 Å². The fourth-order valence-corrected chi connectivity index (χ4v) is 6.79. The predicted molar refractivity (Wildman–Crippen MR) is 126 cm³/mol. The number of nitrogens with zero attached hydrogens (tertiary/aromatic N) is 1. The van der Waals surface area contributed by atoms with E-state index in [1.54, 1.807) is 13.2 Å². The van der Waals surface area contributed by atoms with E-state index in [2.05, 4.69) is 6.92 Å². The molecule has 0 bridgehead atoms. The van der Waals surface area contributed by atoms with Crippen LogP contribution in [0.1, 0.15) is 36.8 Å². The molecule has 2 aliphatic rings. The molecule has 166 valence electrons. The molecule has 2 N–H and O–H groups in total. The van der Waals surface area contributed by atoms with Crippen molar-refractivity contribution >= 4 is 40.7 Å². The van der Waals surface area contributed by atoms with E-state index in [-0.39, 0.29) is 23.8 Å². The van der Waals surface area contributed by atoms with Crippen molar-refractivity contribution in [3.8, 4) is 0 Å². The summed E-state index contributed by atoms with van der Waals surface area (Å²) in [6, 6.07) is 13.1. The van der Waals surface area contributed by atoms with Gasteiger partial charge in [-0.05, 0) is 55.2 Å². The Labute approximate surface area is 198 Å². The number of amides is 1. The second kappa shape index (κ2) is 8.24. The number of hydrogen-bond acceptors (Lipinski definition) is 3. The normalized spacial score (nSPS) is 32.9. The average molecular weight is 482 g/mol. The first-order valence-electron chi connectivity index (χ1n) is 10.4. The van der Waals surface area contributed by atoms with Crippen LogP contribution in [0.4, 0.5) is 0 Å². The van der Waals surface area contributed by atoms with E-state index in [0.717, 1.165) is 11.1 Å². The van der Waals surface area contributed by atoms with Crippen LogP contribution >= 0.6 is 34.8 Å². The number of ether oxygens (including phenoxy) is 1. The molecule has 1 saturated heterocycles. The minimum absolute atomic E-state index is 0.0720. The van der Waals surface area contributed by atoms with Gasteiger partial charge in [-0.15, -0.1) is 0 Å². The fourth-order valence-electron chi connectivity index (χ4n) is 6.13. The molecule has 4 rings (SSSR count). The highest BCUT2D eigenvalue weighted by molar-refractivity contribution is 6.35. The Hall–Kier alpha value is -1.30. The number of hydrogen-bond donors (Lipinski definition) is 1. The molecule has 5 unspecified atom stereocenters. The lowest BCUT2D eigenvalue weighted by molar-refractivity contribution is -0.143. The minimum Gasteiger partial charge on any atom is -0.384 e. The molecule has 5 atom stereocenters. The van der Waals surface area contributed by atoms with E-state index in [4.69, 9.17) is 45.3 Å². The van der Waals surface area contributed by atoms with Crippen LogP contribution in [0.25, 0.3) is 0 Å². The number of rotatable bonds is 4. The summed E-state index contributed by atoms with van der Waals surface area (Å²) < 4.78 is 5.61. The zero-order valence-electron chi connectivity index (χ0n) is 17.9. The minimum atomic E-state index is -0.862. The smallest absolute Gasteiger partial charge is 0.231 e. The Balaban J connectivity index is 1.96. The van der Waals surface area contributed by atoms with Crippen LogP contribution in [0.15, 0.2) is 42.5 Å². The standard InChI is InChI=1S/C24H27Cl3N2O2/c1-14-21-23(13-31-3,22(30)29(14)2)11-10-19(18-9-8-17(26)12-20(18)27)24(21,28)15-4-6-16(25)7-5-15/h4-9,12,14,19,21H,10-11,13,28H2,1-3H3. The maximum Gasteiger partial charge on any atom is 0.231 e. The van der Waals surface area contributed by atoms with Gasteiger partial charge in [0.2, 0.25) is 5.91 Å². The van der Waals surface area contributed by atoms with Crippen molar-refractivity contribution in [2.45, 2.75) is 37.3 Å². The molecule has 1 aliphatic carbocycles. The van der Waals surface area contributed by atoms with Crippen LogP contribution in [0, 0.1) is 11.3 Å². The highest BCUT2D eigenvalue weighted by atomic mass is 35.5. The molecule has 2 fully saturated rings. The first kappa shape index (κ1) is 22.9. The molecule has 2 aromatic rings. The summed E-state index contributed by atoms with van der Waals surface area (Å²) in [7, 11) is 3.50. The van der Waals surface area contributed by atoms with E-state index in [9.17, 15) is 4.79 Å². The zero-order chi connectivity index (χ0) is 22.6. The number of carbonyl (C=O) groups excluding carboxylic acids is 1. The van der Waals surface area contributed by atoms with Gasteiger partial charge < -0.3 is 15.4 Å². The third-order valence-corrected chi connectivity index (χ3v) is 8.30. The molecule has 7 heteroatoms. The topological polar surface area (TPSA) is 55.6 Å². The summed E-state index contributed by atoms with van der Waals surface area (Å²) in [4.78, 5) is 15.3. The van der Waals surface area contributed by atoms with Gasteiger partial charge in [0, 0.05) is 47.1 Å². The summed E-state index contributed by atoms with van der Waals surface area (Å²) in [5, 5.41) is 1.81. The summed E-state index contributed by atoms with van der Waals surface area (Å²) in [6.45, 7) is 2.40. The Morgan fingerprint density at radius 3 is 2.39 bits per heavy atom. The van der Waals surface area contributed by atoms with Gasteiger partial charge in [-0.2, -0.15) is 0 Å². The van der Waals surface area contributed by atoms with Crippen LogP contribution in [0.5, 0.6) is 0 Å². The van der Waals surface area contributed by atoms with Crippen LogP contribution in [0.3, 0.4) is 0 Å². The van der Waals surface area contributed by atoms with E-state index in [1.807, 2.05) is 48.3 Å². The number of benzene rings is 2. The highest BCUT2D eigenvalue weighted by Crippen LogP contribution is 2.62. The highest BCUT2D eigenvalue weighted by Gasteiger charge is 2.67. The first-order valence-corrected chi connectivity index (χ1v) is 11.6. The number of fused-ring (bicyclic) bond motifs is 1. The van der Waals surface area contributed by atoms with E-state index in [0.29, 0.717) is 34.5 Å². The lowest BCUT2D eigenvalue weighted by atomic mass is 9.51. The largest absolute Gasteiger partial charge is 0.384 e. The number of halogens is 3. The second-order valence-electron chi connectivity index (χ2n) is 8.92. The van der Waals surface area contributed by atoms with Crippen LogP contribution < -0.4 is 5.73 Å². The lowest BCUT2D eigenvalue weighted by Gasteiger charge is -2.54. The molecule has 2 aromatic carbocycles. The molecule has 0 radical (unpaired) electrons. The van der Waals surface area contributed by atoms with Crippen molar-refractivity contribution in [1.29, 1.82) is 0 Å². The van der Waals surface area contributed by atoms with Gasteiger partial charge in [0.15, 0.2) is 0 Å². The van der Waals surface area contributed by atoms with Gasteiger partial charge in [-0.1, -0.05) is 53.0 Å². The maximum absolute atomic E-state index is 13.5. The first-order chi connectivity index (χ1) is 14.7. The van der Waals surface area contributed by atoms with Gasteiger partial charge in [0.05, 0.1) is 17.6 Å². The summed E-state index contributed by atoms with van der Waals surface area (Å²) in [6.07, 6.45) is 1.38. The molecule has 1 saturated carbocycles. The molecule has 1 amide bonds. The van der Waals surface area contributed by atoms with E-state index < -0.39 is 11.0 Å². The van der Waals surface area contributed by atoms with Crippen LogP contribution in [0.2, 0.25) is 15.1 Å². The zero-order valence-corrected chi connectivity index (χ0v) is 20.1. The van der Waals surface area contributed by atoms with Crippen molar-refractivity contribution in [2.75, 3.05) is 20.8 Å². The molecular formula is C24H27Cl3N2O2. The SMILES string of the molecule is COCC12CCC(c3ccc(Cl)cc3Cl)C(N)(c3ccc(Cl)cc3)C1C(C)N(C)C2=O. The van der Waals surface area contributed by atoms with Crippen LogP contribution in [-0.4, -0.2) is 37.6 Å². The van der Waals surface area contributed by atoms with Gasteiger partial charge >= 0.3 is 0 Å². The van der Waals surface area contributed by atoms with E-state index in [1.165, 1.54) is 0 Å². The lowest BCUT2D eigenvalue weighted by Crippen LogP contribution is -2.61. The van der Waals surface area contributed by atoms with Crippen LogP contribution in [-0.2, 0) is 15.1 Å². The van der Waals surface area contributed by atoms with E-state index >= 15 is 0 Å². The maximum atomic E-state index is 13.5. The third-order valence-electron chi connectivity index (χ3n) is 7.49. The quantitative estimate of drug-likeness (QED) is 0.628. The molecular weight excluding hydrogens is 455 g/mol. The molecule has 0 spiro atoms. The molecule has 1 aliphatic heterocycles. The summed E-state index contributed by atoms with van der Waals surface area (Å²) in [5.74, 6) is -0.185. The number of carbonyl (C=O) groups is 1. The van der Waals surface area contributed by atoms with Gasteiger partial charge in [0.25, 0.3) is 0 Å². The van der Waals surface area contributed by atoms with Gasteiger partial charge in [-0.25, -0.2) is 0 Å². The molecule has 1 heterocycles. The number of methoxy groups -OCH3 is 1. The third kappa shape index (κ3) is 3.39. The van der Waals surface area contributed by atoms with Crippen molar-refractivity contribution < 1.29 is 9.53 Å². The van der Waals surface area contributed by atoms with Crippen molar-refractivity contribution in [3.05, 3.63) is 68.7 Å². The molecule has 0 aromatic heterocycles. The fraction of sp³-hybridized carbons (Fsp3) is 0.458. The van der Waals surface area contributed by atoms with Crippen molar-refractivity contribution in [1.82, 2.24) is 4.90 Å². The Morgan fingerprint density at radius 1 is 1.13 bits per heavy atom. The number of nitrogens with two attached hydrogens (primary N) is 1.